The van der Waals surface area contributed by atoms with Gasteiger partial charge in [0, 0.05) is 18.1 Å². The molecule has 0 saturated carbocycles. The summed E-state index contributed by atoms with van der Waals surface area (Å²) in [5.74, 6) is 0.405. The van der Waals surface area contributed by atoms with Crippen LogP contribution in [0, 0.1) is 12.7 Å². The first-order valence-electron chi connectivity index (χ1n) is 9.39. The molecule has 1 atom stereocenters. The monoisotopic (exact) mass is 438 g/mol. The smallest absolute Gasteiger partial charge is 0.243 e. The van der Waals surface area contributed by atoms with Gasteiger partial charge in [0.2, 0.25) is 15.9 Å². The fourth-order valence-corrected chi connectivity index (χ4v) is 4.94. The Bertz CT molecular complexity index is 918. The number of nitrogens with one attached hydrogen (secondary N) is 1. The minimum Gasteiger partial charge on any atom is -0.353 e. The standard InChI is InChI=1S/C21H27FN2O3S2/c1-4-19(24(29(3,26)27)20-8-6-5-7-18(20)22)21(25)23-13-14-28-15-17-11-9-16(2)10-12-17/h5-12,19H,4,13-15H2,1-3H3,(H,23,25)/t19-/m1/s1. The average molecular weight is 439 g/mol. The molecule has 0 saturated heterocycles. The van der Waals surface area contributed by atoms with Crippen molar-refractivity contribution in [2.75, 3.05) is 22.9 Å². The Labute approximate surface area is 176 Å². The van der Waals surface area contributed by atoms with Crippen molar-refractivity contribution in [1.29, 1.82) is 0 Å². The summed E-state index contributed by atoms with van der Waals surface area (Å²) in [4.78, 5) is 12.7. The number of nitrogens with zero attached hydrogens (tertiary/aromatic N) is 1. The number of sulfonamides is 1. The molecule has 1 amide bonds. The first-order chi connectivity index (χ1) is 13.7. The van der Waals surface area contributed by atoms with Crippen LogP contribution in [0.25, 0.3) is 0 Å². The minimum atomic E-state index is -3.84. The van der Waals surface area contributed by atoms with Gasteiger partial charge < -0.3 is 5.32 Å². The third kappa shape index (κ3) is 6.75. The number of halogens is 1. The van der Waals surface area contributed by atoms with Crippen molar-refractivity contribution in [2.24, 2.45) is 0 Å². The molecule has 1 N–H and O–H groups in total. The van der Waals surface area contributed by atoms with Crippen molar-refractivity contribution < 1.29 is 17.6 Å². The van der Waals surface area contributed by atoms with Crippen LogP contribution >= 0.6 is 11.8 Å². The zero-order valence-electron chi connectivity index (χ0n) is 16.9. The second-order valence-electron chi connectivity index (χ2n) is 6.76. The van der Waals surface area contributed by atoms with Crippen LogP contribution in [0.4, 0.5) is 10.1 Å². The van der Waals surface area contributed by atoms with E-state index in [0.717, 1.165) is 16.3 Å². The van der Waals surface area contributed by atoms with Crippen molar-refractivity contribution in [3.63, 3.8) is 0 Å². The Morgan fingerprint density at radius 3 is 2.41 bits per heavy atom. The lowest BCUT2D eigenvalue weighted by atomic mass is 10.2. The molecule has 0 heterocycles. The van der Waals surface area contributed by atoms with Gasteiger partial charge in [-0.05, 0) is 31.0 Å². The summed E-state index contributed by atoms with van der Waals surface area (Å²) in [6, 6.07) is 12.8. The molecule has 0 aliphatic carbocycles. The molecule has 0 bridgehead atoms. The Balaban J connectivity index is 1.97. The lowest BCUT2D eigenvalue weighted by Gasteiger charge is -2.30. The van der Waals surface area contributed by atoms with Gasteiger partial charge in [0.15, 0.2) is 0 Å². The summed E-state index contributed by atoms with van der Waals surface area (Å²) >= 11 is 1.68. The van der Waals surface area contributed by atoms with E-state index >= 15 is 0 Å². The molecule has 29 heavy (non-hydrogen) atoms. The molecule has 2 rings (SSSR count). The Morgan fingerprint density at radius 1 is 1.17 bits per heavy atom. The topological polar surface area (TPSA) is 66.5 Å². The molecule has 2 aromatic rings. The number of anilines is 1. The van der Waals surface area contributed by atoms with Gasteiger partial charge in [-0.1, -0.05) is 48.9 Å². The van der Waals surface area contributed by atoms with Crippen molar-refractivity contribution in [2.45, 2.75) is 32.1 Å². The van der Waals surface area contributed by atoms with E-state index in [0.29, 0.717) is 12.3 Å². The maximum atomic E-state index is 14.2. The predicted molar refractivity (Wildman–Crippen MR) is 118 cm³/mol. The SMILES string of the molecule is CC[C@H](C(=O)NCCSCc1ccc(C)cc1)N(c1ccccc1F)S(C)(=O)=O. The number of amides is 1. The highest BCUT2D eigenvalue weighted by Gasteiger charge is 2.32. The number of aryl methyl sites for hydroxylation is 1. The van der Waals surface area contributed by atoms with E-state index in [1.807, 2.05) is 6.92 Å². The second-order valence-corrected chi connectivity index (χ2v) is 9.73. The van der Waals surface area contributed by atoms with E-state index < -0.39 is 27.8 Å². The number of hydrogen-bond acceptors (Lipinski definition) is 4. The van der Waals surface area contributed by atoms with E-state index in [9.17, 15) is 17.6 Å². The Kier molecular flexibility index (Phi) is 8.52. The molecule has 0 spiro atoms. The van der Waals surface area contributed by atoms with Gasteiger partial charge in [-0.3, -0.25) is 9.10 Å². The maximum absolute atomic E-state index is 14.2. The van der Waals surface area contributed by atoms with Crippen LogP contribution in [0.15, 0.2) is 48.5 Å². The van der Waals surface area contributed by atoms with Crippen LogP contribution < -0.4 is 9.62 Å². The number of rotatable bonds is 10. The Morgan fingerprint density at radius 2 is 1.83 bits per heavy atom. The summed E-state index contributed by atoms with van der Waals surface area (Å²) < 4.78 is 39.7. The first kappa shape index (κ1) is 23.2. The molecular weight excluding hydrogens is 411 g/mol. The zero-order chi connectivity index (χ0) is 21.4. The number of carbonyl (C=O) groups excluding carboxylic acids is 1. The van der Waals surface area contributed by atoms with Crippen molar-refractivity contribution in [3.05, 3.63) is 65.5 Å². The van der Waals surface area contributed by atoms with Gasteiger partial charge in [-0.25, -0.2) is 12.8 Å². The van der Waals surface area contributed by atoms with Crippen LogP contribution in [-0.4, -0.2) is 38.9 Å². The maximum Gasteiger partial charge on any atom is 0.243 e. The first-order valence-corrected chi connectivity index (χ1v) is 12.4. The molecule has 0 radical (unpaired) electrons. The van der Waals surface area contributed by atoms with E-state index in [1.165, 1.54) is 29.3 Å². The number of thioether (sulfide) groups is 1. The van der Waals surface area contributed by atoms with Crippen LogP contribution in [0.3, 0.4) is 0 Å². The number of benzene rings is 2. The summed E-state index contributed by atoms with van der Waals surface area (Å²) in [6.45, 7) is 4.15. The third-order valence-electron chi connectivity index (χ3n) is 4.35. The fourth-order valence-electron chi connectivity index (χ4n) is 2.90. The molecule has 8 heteroatoms. The summed E-state index contributed by atoms with van der Waals surface area (Å²) in [5, 5.41) is 2.78. The van der Waals surface area contributed by atoms with E-state index in [2.05, 4.69) is 29.6 Å². The van der Waals surface area contributed by atoms with Crippen molar-refractivity contribution >= 4 is 33.4 Å². The van der Waals surface area contributed by atoms with Gasteiger partial charge >= 0.3 is 0 Å². The highest BCUT2D eigenvalue weighted by atomic mass is 32.2. The highest BCUT2D eigenvalue weighted by Crippen LogP contribution is 2.25. The molecule has 0 aromatic heterocycles. The molecule has 158 valence electrons. The molecule has 0 aliphatic rings. The van der Waals surface area contributed by atoms with Crippen LogP contribution in [-0.2, 0) is 20.6 Å². The summed E-state index contributed by atoms with van der Waals surface area (Å²) in [6.07, 6.45) is 1.20. The number of para-hydroxylation sites is 1. The van der Waals surface area contributed by atoms with Gasteiger partial charge in [0.1, 0.15) is 11.9 Å². The quantitative estimate of drug-likeness (QED) is 0.574. The largest absolute Gasteiger partial charge is 0.353 e. The molecular formula is C21H27FN2O3S2. The lowest BCUT2D eigenvalue weighted by molar-refractivity contribution is -0.122. The van der Waals surface area contributed by atoms with Crippen LogP contribution in [0.1, 0.15) is 24.5 Å². The van der Waals surface area contributed by atoms with Crippen LogP contribution in [0.5, 0.6) is 0 Å². The van der Waals surface area contributed by atoms with E-state index in [-0.39, 0.29) is 12.1 Å². The molecule has 0 aliphatic heterocycles. The third-order valence-corrected chi connectivity index (χ3v) is 6.55. The number of carbonyl (C=O) groups is 1. The lowest BCUT2D eigenvalue weighted by Crippen LogP contribution is -2.50. The van der Waals surface area contributed by atoms with E-state index in [1.54, 1.807) is 24.8 Å². The predicted octanol–water partition coefficient (Wildman–Crippen LogP) is 3.73. The zero-order valence-corrected chi connectivity index (χ0v) is 18.5. The van der Waals surface area contributed by atoms with Crippen molar-refractivity contribution in [1.82, 2.24) is 5.32 Å². The average Bonchev–Trinajstić information content (AvgIpc) is 2.67. The molecule has 2 aromatic carbocycles. The van der Waals surface area contributed by atoms with Gasteiger partial charge in [0.05, 0.1) is 11.9 Å². The normalized spacial score (nSPS) is 12.4. The summed E-state index contributed by atoms with van der Waals surface area (Å²) in [7, 11) is -3.84. The van der Waals surface area contributed by atoms with Crippen LogP contribution in [0.2, 0.25) is 0 Å². The summed E-state index contributed by atoms with van der Waals surface area (Å²) in [5.41, 5.74) is 2.30. The number of hydrogen-bond donors (Lipinski definition) is 1. The highest BCUT2D eigenvalue weighted by molar-refractivity contribution is 7.98. The van der Waals surface area contributed by atoms with Crippen molar-refractivity contribution in [3.8, 4) is 0 Å². The molecule has 0 fully saturated rings. The second kappa shape index (κ2) is 10.6. The van der Waals surface area contributed by atoms with Gasteiger partial charge in [-0.2, -0.15) is 11.8 Å². The molecule has 0 unspecified atom stereocenters. The van der Waals surface area contributed by atoms with E-state index in [4.69, 9.17) is 0 Å². The fraction of sp³-hybridized carbons (Fsp3) is 0.381. The Hall–Kier alpha value is -2.06. The minimum absolute atomic E-state index is 0.120. The van der Waals surface area contributed by atoms with Gasteiger partial charge in [-0.15, -0.1) is 0 Å². The molecule has 5 nitrogen and oxygen atoms in total. The van der Waals surface area contributed by atoms with Gasteiger partial charge in [0.25, 0.3) is 0 Å².